The molecule has 0 aliphatic rings. The summed E-state index contributed by atoms with van der Waals surface area (Å²) in [6.45, 7) is 0. The van der Waals surface area contributed by atoms with Crippen LogP contribution in [0.25, 0.3) is 0 Å². The summed E-state index contributed by atoms with van der Waals surface area (Å²) in [5.74, 6) is -0.698. The van der Waals surface area contributed by atoms with Crippen molar-refractivity contribution in [1.82, 2.24) is 4.98 Å². The highest BCUT2D eigenvalue weighted by molar-refractivity contribution is 6.17. The zero-order chi connectivity index (χ0) is 13.7. The van der Waals surface area contributed by atoms with Crippen molar-refractivity contribution < 1.29 is 23.0 Å². The van der Waals surface area contributed by atoms with E-state index in [4.69, 9.17) is 16.3 Å². The largest absolute Gasteiger partial charge is 0.481 e. The molecule has 4 nitrogen and oxygen atoms in total. The van der Waals surface area contributed by atoms with Crippen molar-refractivity contribution >= 4 is 17.6 Å². The summed E-state index contributed by atoms with van der Waals surface area (Å²) >= 11 is 5.64. The predicted molar refractivity (Wildman–Crippen MR) is 61.0 cm³/mol. The number of pyridine rings is 1. The Morgan fingerprint density at radius 1 is 1.50 bits per heavy atom. The third kappa shape index (κ3) is 3.29. The fourth-order valence-corrected chi connectivity index (χ4v) is 1.75. The number of hydrogen-bond donors (Lipinski definition) is 0. The van der Waals surface area contributed by atoms with Gasteiger partial charge in [-0.05, 0) is 11.1 Å². The van der Waals surface area contributed by atoms with Crippen LogP contribution >= 0.6 is 11.6 Å². The van der Waals surface area contributed by atoms with Crippen molar-refractivity contribution in [2.24, 2.45) is 0 Å². The quantitative estimate of drug-likeness (QED) is 0.614. The number of alkyl halides is 3. The number of halogens is 3. The lowest BCUT2D eigenvalue weighted by atomic mass is 10.0. The van der Waals surface area contributed by atoms with Crippen LogP contribution in [0, 0.1) is 0 Å². The first-order valence-electron chi connectivity index (χ1n) is 5.01. The van der Waals surface area contributed by atoms with Crippen LogP contribution in [0.15, 0.2) is 6.07 Å². The van der Waals surface area contributed by atoms with Gasteiger partial charge >= 0.3 is 5.97 Å². The van der Waals surface area contributed by atoms with Gasteiger partial charge in [0.1, 0.15) is 5.69 Å². The molecule has 0 aliphatic carbocycles. The Kier molecular flexibility index (Phi) is 5.27. The van der Waals surface area contributed by atoms with Gasteiger partial charge in [0.05, 0.1) is 20.6 Å². The van der Waals surface area contributed by atoms with Crippen LogP contribution in [-0.2, 0) is 21.8 Å². The Morgan fingerprint density at radius 3 is 2.61 bits per heavy atom. The van der Waals surface area contributed by atoms with Crippen LogP contribution in [0.5, 0.6) is 5.88 Å². The molecular weight excluding hydrogens is 268 g/mol. The highest BCUT2D eigenvalue weighted by atomic mass is 35.5. The minimum atomic E-state index is -2.79. The second kappa shape index (κ2) is 6.49. The van der Waals surface area contributed by atoms with E-state index in [2.05, 4.69) is 9.72 Å². The molecule has 0 radical (unpaired) electrons. The van der Waals surface area contributed by atoms with E-state index in [0.717, 1.165) is 0 Å². The molecule has 0 aromatic carbocycles. The molecule has 0 amide bonds. The molecule has 1 heterocycles. The molecule has 0 fully saturated rings. The van der Waals surface area contributed by atoms with Gasteiger partial charge in [-0.25, -0.2) is 13.8 Å². The number of methoxy groups -OCH3 is 2. The summed E-state index contributed by atoms with van der Waals surface area (Å²) in [5.41, 5.74) is 0.000111. The van der Waals surface area contributed by atoms with E-state index < -0.39 is 18.1 Å². The molecule has 1 rings (SSSR count). The molecule has 0 bridgehead atoms. The van der Waals surface area contributed by atoms with Gasteiger partial charge in [-0.2, -0.15) is 0 Å². The predicted octanol–water partition coefficient (Wildman–Crippen LogP) is 2.48. The van der Waals surface area contributed by atoms with Crippen molar-refractivity contribution in [3.05, 3.63) is 22.9 Å². The third-order valence-corrected chi connectivity index (χ3v) is 2.60. The second-order valence-corrected chi connectivity index (χ2v) is 3.64. The van der Waals surface area contributed by atoms with Gasteiger partial charge in [-0.1, -0.05) is 0 Å². The number of hydrogen-bond acceptors (Lipinski definition) is 4. The Morgan fingerprint density at radius 2 is 2.17 bits per heavy atom. The van der Waals surface area contributed by atoms with E-state index in [9.17, 15) is 13.6 Å². The summed E-state index contributed by atoms with van der Waals surface area (Å²) in [6.07, 6.45) is -2.94. The second-order valence-electron chi connectivity index (χ2n) is 3.37. The lowest BCUT2D eigenvalue weighted by molar-refractivity contribution is -0.139. The minimum Gasteiger partial charge on any atom is -0.481 e. The van der Waals surface area contributed by atoms with Gasteiger partial charge in [-0.15, -0.1) is 11.6 Å². The normalized spacial score (nSPS) is 10.6. The van der Waals surface area contributed by atoms with Gasteiger partial charge in [0.2, 0.25) is 5.88 Å². The lowest BCUT2D eigenvalue weighted by Gasteiger charge is -2.13. The van der Waals surface area contributed by atoms with Gasteiger partial charge in [0, 0.05) is 11.9 Å². The Hall–Kier alpha value is -1.43. The topological polar surface area (TPSA) is 48.4 Å². The lowest BCUT2D eigenvalue weighted by Crippen LogP contribution is -2.10. The fourth-order valence-electron chi connectivity index (χ4n) is 1.44. The highest BCUT2D eigenvalue weighted by Crippen LogP contribution is 2.28. The molecule has 0 aliphatic heterocycles. The molecule has 100 valence electrons. The van der Waals surface area contributed by atoms with Crippen LogP contribution in [0.4, 0.5) is 8.78 Å². The molecule has 0 atom stereocenters. The van der Waals surface area contributed by atoms with Crippen LogP contribution < -0.4 is 4.74 Å². The minimum absolute atomic E-state index is 0.0121. The van der Waals surface area contributed by atoms with Crippen LogP contribution in [-0.4, -0.2) is 25.2 Å². The van der Waals surface area contributed by atoms with E-state index in [1.54, 1.807) is 0 Å². The van der Waals surface area contributed by atoms with E-state index in [1.807, 2.05) is 0 Å². The molecule has 18 heavy (non-hydrogen) atoms. The molecule has 7 heteroatoms. The Labute approximate surface area is 108 Å². The number of carbonyl (C=O) groups excluding carboxylic acids is 1. The molecule has 0 saturated carbocycles. The van der Waals surface area contributed by atoms with Crippen LogP contribution in [0.3, 0.4) is 0 Å². The average molecular weight is 280 g/mol. The summed E-state index contributed by atoms with van der Waals surface area (Å²) in [7, 11) is 2.52. The Balaban J connectivity index is 3.28. The molecular formula is C11H12ClF2NO3. The number of rotatable bonds is 5. The fraction of sp³-hybridized carbons (Fsp3) is 0.455. The number of esters is 1. The summed E-state index contributed by atoms with van der Waals surface area (Å²) in [5, 5.41) is 0. The number of nitrogens with zero attached hydrogens (tertiary/aromatic N) is 1. The van der Waals surface area contributed by atoms with Gasteiger partial charge in [-0.3, -0.25) is 4.79 Å². The van der Waals surface area contributed by atoms with Gasteiger partial charge in [0.15, 0.2) is 0 Å². The molecule has 0 N–H and O–H groups in total. The maximum Gasteiger partial charge on any atom is 0.309 e. The average Bonchev–Trinajstić information content (AvgIpc) is 2.37. The highest BCUT2D eigenvalue weighted by Gasteiger charge is 2.21. The number of aromatic nitrogens is 1. The first-order valence-corrected chi connectivity index (χ1v) is 5.54. The van der Waals surface area contributed by atoms with E-state index in [-0.39, 0.29) is 23.7 Å². The molecule has 1 aromatic heterocycles. The summed E-state index contributed by atoms with van der Waals surface area (Å²) < 4.78 is 35.0. The summed E-state index contributed by atoms with van der Waals surface area (Å²) in [4.78, 5) is 14.9. The first kappa shape index (κ1) is 14.6. The van der Waals surface area contributed by atoms with Crippen molar-refractivity contribution in [3.8, 4) is 5.88 Å². The molecule has 1 aromatic rings. The Bertz CT molecular complexity index is 441. The third-order valence-electron chi connectivity index (χ3n) is 2.34. The maximum atomic E-state index is 12.8. The number of ether oxygens (including phenoxy) is 2. The van der Waals surface area contributed by atoms with E-state index >= 15 is 0 Å². The smallest absolute Gasteiger partial charge is 0.309 e. The maximum absolute atomic E-state index is 12.8. The summed E-state index contributed by atoms with van der Waals surface area (Å²) in [6, 6.07) is 1.40. The van der Waals surface area contributed by atoms with Crippen molar-refractivity contribution in [3.63, 3.8) is 0 Å². The molecule has 0 spiro atoms. The molecule has 0 unspecified atom stereocenters. The van der Waals surface area contributed by atoms with Gasteiger partial charge in [0.25, 0.3) is 6.43 Å². The van der Waals surface area contributed by atoms with E-state index in [1.165, 1.54) is 20.3 Å². The van der Waals surface area contributed by atoms with Crippen LogP contribution in [0.2, 0.25) is 0 Å². The standard InChI is InChI=1S/C11H12ClF2NO3/c1-17-8-3-6(4-9(16)18-2)7(5-12)10(15-8)11(13)14/h3,11H,4-5H2,1-2H3. The number of carbonyl (C=O) groups is 1. The van der Waals surface area contributed by atoms with Crippen LogP contribution in [0.1, 0.15) is 23.2 Å². The monoisotopic (exact) mass is 279 g/mol. The van der Waals surface area contributed by atoms with Crippen molar-refractivity contribution in [1.29, 1.82) is 0 Å². The van der Waals surface area contributed by atoms with Gasteiger partial charge < -0.3 is 9.47 Å². The zero-order valence-corrected chi connectivity index (χ0v) is 10.6. The van der Waals surface area contributed by atoms with E-state index in [0.29, 0.717) is 5.56 Å². The SMILES string of the molecule is COC(=O)Cc1cc(OC)nc(C(F)F)c1CCl. The zero-order valence-electron chi connectivity index (χ0n) is 9.87. The first-order chi connectivity index (χ1) is 8.53. The molecule has 0 saturated heterocycles. The van der Waals surface area contributed by atoms with Crippen molar-refractivity contribution in [2.45, 2.75) is 18.7 Å². The van der Waals surface area contributed by atoms with Crippen molar-refractivity contribution in [2.75, 3.05) is 14.2 Å².